The Balaban J connectivity index is 3.03. The molecule has 1 unspecified atom stereocenters. The van der Waals surface area contributed by atoms with Gasteiger partial charge in [0.15, 0.2) is 0 Å². The number of nitrogens with two attached hydrogens (primary N) is 1. The van der Waals surface area contributed by atoms with Gasteiger partial charge in [-0.15, -0.1) is 0 Å². The normalized spacial score (nSPS) is 13.5. The summed E-state index contributed by atoms with van der Waals surface area (Å²) in [5.41, 5.74) is 3.94. The lowest BCUT2D eigenvalue weighted by molar-refractivity contribution is 0.467. The monoisotopic (exact) mass is 292 g/mol. The largest absolute Gasteiger partial charge is 0.271 e. The van der Waals surface area contributed by atoms with Gasteiger partial charge in [0.2, 0.25) is 0 Å². The molecule has 0 aliphatic rings. The van der Waals surface area contributed by atoms with E-state index in [1.165, 1.54) is 0 Å². The Labute approximate surface area is 103 Å². The van der Waals surface area contributed by atoms with E-state index in [0.29, 0.717) is 6.04 Å². The first kappa shape index (κ1) is 13.0. The number of nitrogens with zero attached hydrogens (tertiary/aromatic N) is 2. The average molecular weight is 293 g/mol. The summed E-state index contributed by atoms with van der Waals surface area (Å²) in [5, 5.41) is 4.33. The molecule has 86 valence electrons. The number of nitrogens with one attached hydrogen (secondary N) is 1. The maximum absolute atomic E-state index is 5.56. The van der Waals surface area contributed by atoms with E-state index in [4.69, 9.17) is 5.84 Å². The smallest absolute Gasteiger partial charge is 0.0730 e. The van der Waals surface area contributed by atoms with E-state index in [0.717, 1.165) is 15.9 Å². The molecular weight excluding hydrogens is 276 g/mol. The van der Waals surface area contributed by atoms with Gasteiger partial charge in [-0.05, 0) is 36.0 Å². The van der Waals surface area contributed by atoms with Crippen molar-refractivity contribution in [2.75, 3.05) is 12.0 Å². The minimum absolute atomic E-state index is 0.124. The molecule has 15 heavy (non-hydrogen) atoms. The van der Waals surface area contributed by atoms with E-state index in [-0.39, 0.29) is 6.04 Å². The van der Waals surface area contributed by atoms with Gasteiger partial charge in [0.05, 0.1) is 22.4 Å². The zero-order valence-corrected chi connectivity index (χ0v) is 11.6. The highest BCUT2D eigenvalue weighted by Crippen LogP contribution is 2.27. The van der Waals surface area contributed by atoms with Crippen molar-refractivity contribution in [3.05, 3.63) is 16.4 Å². The molecule has 1 atom stereocenters. The van der Waals surface area contributed by atoms with Crippen LogP contribution in [0.1, 0.15) is 31.6 Å². The van der Waals surface area contributed by atoms with Gasteiger partial charge in [-0.1, -0.05) is 0 Å². The Hall–Kier alpha value is -0.0400. The number of thioether (sulfide) groups is 1. The Morgan fingerprint density at radius 3 is 2.80 bits per heavy atom. The molecule has 1 aromatic heterocycles. The van der Waals surface area contributed by atoms with Crippen LogP contribution in [-0.2, 0) is 0 Å². The van der Waals surface area contributed by atoms with Crippen LogP contribution in [0.4, 0.5) is 0 Å². The van der Waals surface area contributed by atoms with Gasteiger partial charge in [0.25, 0.3) is 0 Å². The second-order valence-corrected chi connectivity index (χ2v) is 5.36. The molecule has 0 aliphatic heterocycles. The molecule has 0 spiro atoms. The molecular formula is C9H17BrN4S. The summed E-state index contributed by atoms with van der Waals surface area (Å²) in [6.45, 7) is 4.21. The quantitative estimate of drug-likeness (QED) is 0.645. The first-order valence-corrected chi connectivity index (χ1v) is 6.98. The van der Waals surface area contributed by atoms with Crippen LogP contribution in [0.5, 0.6) is 0 Å². The van der Waals surface area contributed by atoms with Crippen LogP contribution < -0.4 is 11.3 Å². The summed E-state index contributed by atoms with van der Waals surface area (Å²) in [7, 11) is 0. The standard InChI is InChI=1S/C9H17BrN4S/c1-6(2)14-9(7(10)4-12-14)8(13-11)5-15-3/h4,6,8,13H,5,11H2,1-3H3. The predicted molar refractivity (Wildman–Crippen MR) is 68.8 cm³/mol. The van der Waals surface area contributed by atoms with Crippen molar-refractivity contribution in [2.24, 2.45) is 5.84 Å². The molecule has 0 fully saturated rings. The van der Waals surface area contributed by atoms with E-state index in [1.807, 2.05) is 10.9 Å². The first-order chi connectivity index (χ1) is 7.11. The molecule has 0 aliphatic carbocycles. The Morgan fingerprint density at radius 2 is 2.33 bits per heavy atom. The lowest BCUT2D eigenvalue weighted by Crippen LogP contribution is -2.32. The average Bonchev–Trinajstić information content (AvgIpc) is 2.57. The predicted octanol–water partition coefficient (Wildman–Crippen LogP) is 2.09. The Bertz CT molecular complexity index is 313. The van der Waals surface area contributed by atoms with Crippen molar-refractivity contribution in [1.82, 2.24) is 15.2 Å². The van der Waals surface area contributed by atoms with Crippen LogP contribution in [0.3, 0.4) is 0 Å². The lowest BCUT2D eigenvalue weighted by atomic mass is 10.2. The summed E-state index contributed by atoms with van der Waals surface area (Å²) in [5.74, 6) is 6.49. The maximum atomic E-state index is 5.56. The molecule has 0 saturated carbocycles. The Kier molecular flexibility index (Phi) is 5.11. The van der Waals surface area contributed by atoms with Crippen LogP contribution in [0, 0.1) is 0 Å². The van der Waals surface area contributed by atoms with Crippen molar-refractivity contribution in [3.63, 3.8) is 0 Å². The van der Waals surface area contributed by atoms with Crippen molar-refractivity contribution >= 4 is 27.7 Å². The van der Waals surface area contributed by atoms with Gasteiger partial charge in [0.1, 0.15) is 0 Å². The van der Waals surface area contributed by atoms with Gasteiger partial charge in [-0.3, -0.25) is 16.0 Å². The van der Waals surface area contributed by atoms with E-state index < -0.39 is 0 Å². The fourth-order valence-electron chi connectivity index (χ4n) is 1.46. The van der Waals surface area contributed by atoms with Gasteiger partial charge >= 0.3 is 0 Å². The fourth-order valence-corrected chi connectivity index (χ4v) is 2.60. The molecule has 1 rings (SSSR count). The molecule has 1 aromatic rings. The second kappa shape index (κ2) is 5.89. The number of rotatable bonds is 5. The van der Waals surface area contributed by atoms with Gasteiger partial charge < -0.3 is 0 Å². The highest BCUT2D eigenvalue weighted by atomic mass is 79.9. The fraction of sp³-hybridized carbons (Fsp3) is 0.667. The van der Waals surface area contributed by atoms with Crippen molar-refractivity contribution in [3.8, 4) is 0 Å². The molecule has 4 nitrogen and oxygen atoms in total. The van der Waals surface area contributed by atoms with Gasteiger partial charge in [-0.2, -0.15) is 16.9 Å². The lowest BCUT2D eigenvalue weighted by Gasteiger charge is -2.19. The summed E-state index contributed by atoms with van der Waals surface area (Å²) < 4.78 is 3.00. The zero-order valence-electron chi connectivity index (χ0n) is 9.20. The molecule has 0 radical (unpaired) electrons. The molecule has 0 saturated heterocycles. The number of halogens is 1. The molecule has 0 bridgehead atoms. The van der Waals surface area contributed by atoms with Crippen molar-refractivity contribution in [2.45, 2.75) is 25.9 Å². The van der Waals surface area contributed by atoms with E-state index in [1.54, 1.807) is 11.8 Å². The van der Waals surface area contributed by atoms with Crippen molar-refractivity contribution < 1.29 is 0 Å². The minimum Gasteiger partial charge on any atom is -0.271 e. The van der Waals surface area contributed by atoms with E-state index >= 15 is 0 Å². The molecule has 1 heterocycles. The Morgan fingerprint density at radius 1 is 1.67 bits per heavy atom. The van der Waals surface area contributed by atoms with Crippen molar-refractivity contribution in [1.29, 1.82) is 0 Å². The van der Waals surface area contributed by atoms with Crippen LogP contribution in [-0.4, -0.2) is 21.8 Å². The highest BCUT2D eigenvalue weighted by molar-refractivity contribution is 9.10. The van der Waals surface area contributed by atoms with Gasteiger partial charge in [-0.25, -0.2) is 0 Å². The van der Waals surface area contributed by atoms with Crippen LogP contribution in [0.15, 0.2) is 10.7 Å². The second-order valence-electron chi connectivity index (χ2n) is 3.59. The number of hydrogen-bond acceptors (Lipinski definition) is 4. The molecule has 3 N–H and O–H groups in total. The van der Waals surface area contributed by atoms with Crippen LogP contribution >= 0.6 is 27.7 Å². The van der Waals surface area contributed by atoms with Crippen LogP contribution in [0.25, 0.3) is 0 Å². The summed E-state index contributed by atoms with van der Waals surface area (Å²) in [6.07, 6.45) is 3.88. The highest BCUT2D eigenvalue weighted by Gasteiger charge is 2.19. The molecule has 0 aromatic carbocycles. The number of hydrogen-bond donors (Lipinski definition) is 2. The zero-order chi connectivity index (χ0) is 11.4. The SMILES string of the molecule is CSCC(NN)c1c(Br)cnn1C(C)C. The topological polar surface area (TPSA) is 55.9 Å². The number of aromatic nitrogens is 2. The first-order valence-electron chi connectivity index (χ1n) is 4.79. The summed E-state index contributed by atoms with van der Waals surface area (Å²) >= 11 is 5.27. The maximum Gasteiger partial charge on any atom is 0.0730 e. The van der Waals surface area contributed by atoms with E-state index in [2.05, 4.69) is 46.6 Å². The minimum atomic E-state index is 0.124. The number of hydrazine groups is 1. The summed E-state index contributed by atoms with van der Waals surface area (Å²) in [6, 6.07) is 0.461. The summed E-state index contributed by atoms with van der Waals surface area (Å²) in [4.78, 5) is 0. The van der Waals surface area contributed by atoms with Gasteiger partial charge in [0, 0.05) is 11.8 Å². The van der Waals surface area contributed by atoms with E-state index in [9.17, 15) is 0 Å². The third-order valence-corrected chi connectivity index (χ3v) is 3.42. The van der Waals surface area contributed by atoms with Crippen LogP contribution in [0.2, 0.25) is 0 Å². The third kappa shape index (κ3) is 2.96. The molecule has 0 amide bonds. The molecule has 6 heteroatoms. The third-order valence-electron chi connectivity index (χ3n) is 2.14.